The number of amides is 1. The molecule has 132 valence electrons. The predicted molar refractivity (Wildman–Crippen MR) is 95.8 cm³/mol. The molecule has 0 bridgehead atoms. The van der Waals surface area contributed by atoms with Gasteiger partial charge in [-0.05, 0) is 48.6 Å². The molecule has 1 saturated carbocycles. The SMILES string of the molecule is CC(C)[C@@H]1C[C@@H](CNC(=O)C2(S(C)(=O)=O)CCC2)c2ccccc21. The van der Waals surface area contributed by atoms with E-state index in [1.807, 2.05) is 6.07 Å². The molecule has 2 atom stereocenters. The predicted octanol–water partition coefficient (Wildman–Crippen LogP) is 3.00. The summed E-state index contributed by atoms with van der Waals surface area (Å²) in [5.41, 5.74) is 2.69. The number of sulfone groups is 1. The highest BCUT2D eigenvalue weighted by atomic mass is 32.2. The Morgan fingerprint density at radius 1 is 1.25 bits per heavy atom. The van der Waals surface area contributed by atoms with Crippen molar-refractivity contribution >= 4 is 15.7 Å². The second-order valence-corrected chi connectivity index (χ2v) is 10.1. The van der Waals surface area contributed by atoms with Crippen LogP contribution in [0.4, 0.5) is 0 Å². The number of hydrogen-bond acceptors (Lipinski definition) is 3. The van der Waals surface area contributed by atoms with Gasteiger partial charge >= 0.3 is 0 Å². The lowest BCUT2D eigenvalue weighted by Gasteiger charge is -2.38. The molecule has 1 N–H and O–H groups in total. The molecule has 0 unspecified atom stereocenters. The molecule has 1 fully saturated rings. The van der Waals surface area contributed by atoms with E-state index < -0.39 is 14.6 Å². The molecule has 24 heavy (non-hydrogen) atoms. The Bertz CT molecular complexity index is 735. The fourth-order valence-corrected chi connectivity index (χ4v) is 5.69. The lowest BCUT2D eigenvalue weighted by atomic mass is 9.83. The summed E-state index contributed by atoms with van der Waals surface area (Å²) in [6, 6.07) is 8.44. The molecule has 0 aliphatic heterocycles. The van der Waals surface area contributed by atoms with Gasteiger partial charge < -0.3 is 5.32 Å². The summed E-state index contributed by atoms with van der Waals surface area (Å²) in [5, 5.41) is 2.96. The Morgan fingerprint density at radius 3 is 2.38 bits per heavy atom. The molecule has 2 aliphatic rings. The highest BCUT2D eigenvalue weighted by Gasteiger charge is 2.52. The molecule has 1 aromatic carbocycles. The average molecular weight is 349 g/mol. The van der Waals surface area contributed by atoms with Gasteiger partial charge in [0.15, 0.2) is 9.84 Å². The number of carbonyl (C=O) groups is 1. The van der Waals surface area contributed by atoms with Gasteiger partial charge in [0.05, 0.1) is 0 Å². The Labute approximate surface area is 145 Å². The van der Waals surface area contributed by atoms with Crippen molar-refractivity contribution in [2.45, 2.75) is 56.1 Å². The fraction of sp³-hybridized carbons (Fsp3) is 0.632. The topological polar surface area (TPSA) is 63.2 Å². The molecule has 1 amide bonds. The summed E-state index contributed by atoms with van der Waals surface area (Å²) in [4.78, 5) is 12.6. The second-order valence-electron chi connectivity index (χ2n) is 7.74. The van der Waals surface area contributed by atoms with Gasteiger partial charge in [-0.2, -0.15) is 0 Å². The summed E-state index contributed by atoms with van der Waals surface area (Å²) in [6.07, 6.45) is 3.91. The zero-order valence-electron chi connectivity index (χ0n) is 14.7. The van der Waals surface area contributed by atoms with E-state index in [0.717, 1.165) is 12.8 Å². The van der Waals surface area contributed by atoms with Gasteiger partial charge in [0.1, 0.15) is 4.75 Å². The smallest absolute Gasteiger partial charge is 0.241 e. The Hall–Kier alpha value is -1.36. The molecular weight excluding hydrogens is 322 g/mol. The quantitative estimate of drug-likeness (QED) is 0.889. The van der Waals surface area contributed by atoms with Crippen LogP contribution in [0, 0.1) is 5.92 Å². The normalized spacial score (nSPS) is 25.2. The van der Waals surface area contributed by atoms with Crippen LogP contribution >= 0.6 is 0 Å². The van der Waals surface area contributed by atoms with Crippen LogP contribution in [0.2, 0.25) is 0 Å². The highest BCUT2D eigenvalue weighted by Crippen LogP contribution is 2.45. The van der Waals surface area contributed by atoms with Crippen molar-refractivity contribution in [2.24, 2.45) is 5.92 Å². The number of hydrogen-bond donors (Lipinski definition) is 1. The van der Waals surface area contributed by atoms with Crippen LogP contribution in [0.1, 0.15) is 62.5 Å². The van der Waals surface area contributed by atoms with Gasteiger partial charge in [-0.3, -0.25) is 4.79 Å². The molecule has 5 heteroatoms. The maximum Gasteiger partial charge on any atom is 0.241 e. The van der Waals surface area contributed by atoms with Crippen LogP contribution < -0.4 is 5.32 Å². The molecular formula is C19H27NO3S. The summed E-state index contributed by atoms with van der Waals surface area (Å²) in [7, 11) is -3.37. The second kappa shape index (κ2) is 6.17. The standard InChI is InChI=1S/C19H27NO3S/c1-13(2)17-11-14(15-7-4-5-8-16(15)17)12-20-18(21)19(9-6-10-19)24(3,22)23/h4-5,7-8,13-14,17H,6,9-12H2,1-3H3,(H,20,21)/t14-,17-/m0/s1. The van der Waals surface area contributed by atoms with E-state index in [0.29, 0.717) is 31.2 Å². The van der Waals surface area contributed by atoms with E-state index in [1.54, 1.807) is 0 Å². The minimum absolute atomic E-state index is 0.272. The third kappa shape index (κ3) is 2.77. The van der Waals surface area contributed by atoms with E-state index in [1.165, 1.54) is 17.4 Å². The van der Waals surface area contributed by atoms with Crippen LogP contribution in [0.25, 0.3) is 0 Å². The lowest BCUT2D eigenvalue weighted by molar-refractivity contribution is -0.125. The zero-order valence-corrected chi connectivity index (χ0v) is 15.5. The van der Waals surface area contributed by atoms with E-state index in [9.17, 15) is 13.2 Å². The lowest BCUT2D eigenvalue weighted by Crippen LogP contribution is -2.57. The van der Waals surface area contributed by atoms with E-state index in [-0.39, 0.29) is 11.8 Å². The van der Waals surface area contributed by atoms with Crippen molar-refractivity contribution in [1.82, 2.24) is 5.32 Å². The van der Waals surface area contributed by atoms with Crippen molar-refractivity contribution < 1.29 is 13.2 Å². The van der Waals surface area contributed by atoms with Gasteiger partial charge in [0.2, 0.25) is 5.91 Å². The van der Waals surface area contributed by atoms with Crippen LogP contribution in [0.3, 0.4) is 0 Å². The minimum atomic E-state index is -3.37. The zero-order chi connectivity index (χ0) is 17.5. The van der Waals surface area contributed by atoms with E-state index in [4.69, 9.17) is 0 Å². The van der Waals surface area contributed by atoms with Crippen LogP contribution in [-0.2, 0) is 14.6 Å². The molecule has 2 aliphatic carbocycles. The summed E-state index contributed by atoms with van der Waals surface area (Å²) in [5.74, 6) is 1.03. The third-order valence-electron chi connectivity index (χ3n) is 5.97. The number of fused-ring (bicyclic) bond motifs is 1. The first-order valence-corrected chi connectivity index (χ1v) is 10.7. The maximum atomic E-state index is 12.6. The summed E-state index contributed by atoms with van der Waals surface area (Å²) < 4.78 is 22.9. The summed E-state index contributed by atoms with van der Waals surface area (Å²) >= 11 is 0. The molecule has 3 rings (SSSR count). The van der Waals surface area contributed by atoms with Crippen molar-refractivity contribution in [1.29, 1.82) is 0 Å². The first-order chi connectivity index (χ1) is 11.3. The van der Waals surface area contributed by atoms with Gasteiger partial charge in [-0.15, -0.1) is 0 Å². The largest absolute Gasteiger partial charge is 0.354 e. The molecule has 0 heterocycles. The maximum absolute atomic E-state index is 12.6. The van der Waals surface area contributed by atoms with Crippen molar-refractivity contribution in [3.63, 3.8) is 0 Å². The van der Waals surface area contributed by atoms with Crippen molar-refractivity contribution in [3.8, 4) is 0 Å². The average Bonchev–Trinajstić information content (AvgIpc) is 2.81. The first-order valence-electron chi connectivity index (χ1n) is 8.83. The fourth-order valence-electron chi connectivity index (χ4n) is 4.25. The summed E-state index contributed by atoms with van der Waals surface area (Å²) in [6.45, 7) is 4.99. The number of rotatable bonds is 5. The Balaban J connectivity index is 1.73. The van der Waals surface area contributed by atoms with E-state index >= 15 is 0 Å². The molecule has 0 aromatic heterocycles. The number of carbonyl (C=O) groups excluding carboxylic acids is 1. The third-order valence-corrected chi connectivity index (χ3v) is 7.99. The highest BCUT2D eigenvalue weighted by molar-refractivity contribution is 7.93. The van der Waals surface area contributed by atoms with E-state index in [2.05, 4.69) is 37.4 Å². The molecule has 0 saturated heterocycles. The van der Waals surface area contributed by atoms with Crippen LogP contribution in [0.5, 0.6) is 0 Å². The van der Waals surface area contributed by atoms with Crippen LogP contribution in [-0.4, -0.2) is 31.9 Å². The molecule has 1 aromatic rings. The number of benzene rings is 1. The monoisotopic (exact) mass is 349 g/mol. The van der Waals surface area contributed by atoms with Gasteiger partial charge in [-0.25, -0.2) is 8.42 Å². The van der Waals surface area contributed by atoms with Crippen molar-refractivity contribution in [3.05, 3.63) is 35.4 Å². The van der Waals surface area contributed by atoms with Crippen molar-refractivity contribution in [2.75, 3.05) is 12.8 Å². The van der Waals surface area contributed by atoms with Gasteiger partial charge in [0, 0.05) is 18.7 Å². The minimum Gasteiger partial charge on any atom is -0.354 e. The van der Waals surface area contributed by atoms with Gasteiger partial charge in [0.25, 0.3) is 0 Å². The van der Waals surface area contributed by atoms with Gasteiger partial charge in [-0.1, -0.05) is 38.1 Å². The van der Waals surface area contributed by atoms with Crippen LogP contribution in [0.15, 0.2) is 24.3 Å². The molecule has 0 spiro atoms. The molecule has 4 nitrogen and oxygen atoms in total. The Kier molecular flexibility index (Phi) is 4.49. The number of nitrogens with one attached hydrogen (secondary N) is 1. The molecule has 0 radical (unpaired) electrons. The Morgan fingerprint density at radius 2 is 1.88 bits per heavy atom. The first kappa shape index (κ1) is 17.5.